The highest BCUT2D eigenvalue weighted by Crippen LogP contribution is 2.36. The molecule has 1 aromatic heterocycles. The van der Waals surface area contributed by atoms with Crippen LogP contribution in [0.2, 0.25) is 5.02 Å². The van der Waals surface area contributed by atoms with Gasteiger partial charge in [0.25, 0.3) is 5.91 Å². The van der Waals surface area contributed by atoms with E-state index in [2.05, 4.69) is 27.6 Å². The molecular formula is C22H14ClIN2O2. The Hall–Kier alpha value is -2.38. The van der Waals surface area contributed by atoms with Crippen LogP contribution in [-0.4, -0.2) is 10.9 Å². The fourth-order valence-electron chi connectivity index (χ4n) is 3.58. The largest absolute Gasteiger partial charge is 0.436 e. The molecule has 0 N–H and O–H groups in total. The Morgan fingerprint density at radius 3 is 2.75 bits per heavy atom. The molecule has 0 spiro atoms. The van der Waals surface area contributed by atoms with Crippen molar-refractivity contribution < 1.29 is 9.21 Å². The third-order valence-corrected chi connectivity index (χ3v) is 5.95. The van der Waals surface area contributed by atoms with E-state index in [0.717, 1.165) is 31.5 Å². The number of fused-ring (bicyclic) bond motifs is 2. The minimum absolute atomic E-state index is 0.0127. The van der Waals surface area contributed by atoms with Gasteiger partial charge in [0, 0.05) is 14.8 Å². The number of aromatic nitrogens is 1. The maximum Gasteiger partial charge on any atom is 0.258 e. The van der Waals surface area contributed by atoms with Gasteiger partial charge in [-0.05, 0) is 77.0 Å². The number of hydrogen-bond donors (Lipinski definition) is 0. The van der Waals surface area contributed by atoms with Crippen LogP contribution in [-0.2, 0) is 6.54 Å². The second kappa shape index (κ2) is 6.60. The predicted octanol–water partition coefficient (Wildman–Crippen LogP) is 6.22. The lowest BCUT2D eigenvalue weighted by Crippen LogP contribution is -2.23. The minimum atomic E-state index is 0.0127. The first-order chi connectivity index (χ1) is 13.5. The van der Waals surface area contributed by atoms with Gasteiger partial charge in [-0.25, -0.2) is 4.98 Å². The lowest BCUT2D eigenvalue weighted by molar-refractivity contribution is 0.0996. The number of halogens is 2. The summed E-state index contributed by atoms with van der Waals surface area (Å²) >= 11 is 8.58. The van der Waals surface area contributed by atoms with Crippen LogP contribution in [0.5, 0.6) is 0 Å². The van der Waals surface area contributed by atoms with Crippen molar-refractivity contribution in [2.45, 2.75) is 13.5 Å². The lowest BCUT2D eigenvalue weighted by Gasteiger charge is -2.16. The summed E-state index contributed by atoms with van der Waals surface area (Å²) in [6.07, 6.45) is 0. The zero-order chi connectivity index (χ0) is 19.4. The van der Waals surface area contributed by atoms with Gasteiger partial charge in [-0.15, -0.1) is 0 Å². The van der Waals surface area contributed by atoms with E-state index >= 15 is 0 Å². The standard InChI is InChI=1S/C22H14ClIN2O2/c1-12-8-15(26-11-13-4-2-3-5-16(13)22(26)27)10-19-20(12)28-21(25-19)17-9-14(24)6-7-18(17)23/h2-10H,11H2,1H3. The Balaban J connectivity index is 1.60. The van der Waals surface area contributed by atoms with Crippen LogP contribution in [0, 0.1) is 10.5 Å². The summed E-state index contributed by atoms with van der Waals surface area (Å²) in [5, 5.41) is 0.593. The van der Waals surface area contributed by atoms with E-state index in [1.807, 2.05) is 61.5 Å². The number of oxazole rings is 1. The highest BCUT2D eigenvalue weighted by Gasteiger charge is 2.28. The first-order valence-corrected chi connectivity index (χ1v) is 10.2. The van der Waals surface area contributed by atoms with E-state index in [1.165, 1.54) is 0 Å². The first kappa shape index (κ1) is 17.7. The molecule has 2 heterocycles. The summed E-state index contributed by atoms with van der Waals surface area (Å²) in [4.78, 5) is 19.3. The maximum absolute atomic E-state index is 12.8. The van der Waals surface area contributed by atoms with Crippen LogP contribution in [0.15, 0.2) is 59.0 Å². The van der Waals surface area contributed by atoms with Gasteiger partial charge in [0.2, 0.25) is 5.89 Å². The normalized spacial score (nSPS) is 13.4. The molecule has 4 aromatic rings. The van der Waals surface area contributed by atoms with Crippen molar-refractivity contribution in [3.05, 3.63) is 79.9 Å². The van der Waals surface area contributed by atoms with Crippen molar-refractivity contribution in [2.24, 2.45) is 0 Å². The zero-order valence-corrected chi connectivity index (χ0v) is 17.8. The van der Waals surface area contributed by atoms with E-state index in [1.54, 1.807) is 4.90 Å². The Morgan fingerprint density at radius 1 is 1.11 bits per heavy atom. The van der Waals surface area contributed by atoms with Crippen molar-refractivity contribution >= 4 is 56.9 Å². The van der Waals surface area contributed by atoms with Gasteiger partial charge in [0.1, 0.15) is 5.52 Å². The molecule has 5 rings (SSSR count). The SMILES string of the molecule is Cc1cc(N2Cc3ccccc3C2=O)cc2nc(-c3cc(I)ccc3Cl)oc12. The highest BCUT2D eigenvalue weighted by molar-refractivity contribution is 14.1. The summed E-state index contributed by atoms with van der Waals surface area (Å²) in [6.45, 7) is 2.53. The molecule has 6 heteroatoms. The smallest absolute Gasteiger partial charge is 0.258 e. The van der Waals surface area contributed by atoms with E-state index in [9.17, 15) is 4.79 Å². The quantitative estimate of drug-likeness (QED) is 0.307. The van der Waals surface area contributed by atoms with Gasteiger partial charge in [-0.1, -0.05) is 29.8 Å². The molecule has 0 fully saturated rings. The van der Waals surface area contributed by atoms with Gasteiger partial charge in [-0.2, -0.15) is 0 Å². The van der Waals surface area contributed by atoms with Gasteiger partial charge in [0.15, 0.2) is 5.58 Å². The second-order valence-corrected chi connectivity index (χ2v) is 8.46. The summed E-state index contributed by atoms with van der Waals surface area (Å²) in [5.74, 6) is 0.494. The van der Waals surface area contributed by atoms with Crippen LogP contribution in [0.3, 0.4) is 0 Å². The molecule has 0 bridgehead atoms. The molecule has 138 valence electrons. The van der Waals surface area contributed by atoms with E-state index in [0.29, 0.717) is 28.6 Å². The first-order valence-electron chi connectivity index (χ1n) is 8.77. The van der Waals surface area contributed by atoms with Crippen LogP contribution in [0.25, 0.3) is 22.6 Å². The topological polar surface area (TPSA) is 46.3 Å². The molecule has 0 atom stereocenters. The lowest BCUT2D eigenvalue weighted by atomic mass is 10.1. The average molecular weight is 501 g/mol. The number of rotatable bonds is 2. The average Bonchev–Trinajstić information content (AvgIpc) is 3.26. The van der Waals surface area contributed by atoms with E-state index in [4.69, 9.17) is 16.0 Å². The fourth-order valence-corrected chi connectivity index (χ4v) is 4.27. The van der Waals surface area contributed by atoms with E-state index < -0.39 is 0 Å². The Bertz CT molecular complexity index is 1260. The van der Waals surface area contributed by atoms with Gasteiger partial charge >= 0.3 is 0 Å². The molecule has 0 aliphatic carbocycles. The number of carbonyl (C=O) groups is 1. The molecule has 0 radical (unpaired) electrons. The highest BCUT2D eigenvalue weighted by atomic mass is 127. The van der Waals surface area contributed by atoms with Crippen molar-refractivity contribution in [1.29, 1.82) is 0 Å². The minimum Gasteiger partial charge on any atom is -0.436 e. The summed E-state index contributed by atoms with van der Waals surface area (Å²) in [6, 6.07) is 17.3. The van der Waals surface area contributed by atoms with Gasteiger partial charge in [0.05, 0.1) is 17.1 Å². The molecule has 0 unspecified atom stereocenters. The third-order valence-electron chi connectivity index (χ3n) is 4.95. The van der Waals surface area contributed by atoms with Crippen molar-refractivity contribution in [3.63, 3.8) is 0 Å². The van der Waals surface area contributed by atoms with Gasteiger partial charge < -0.3 is 9.32 Å². The molecular weight excluding hydrogens is 487 g/mol. The number of anilines is 1. The zero-order valence-electron chi connectivity index (χ0n) is 14.9. The number of hydrogen-bond acceptors (Lipinski definition) is 3. The van der Waals surface area contributed by atoms with Crippen molar-refractivity contribution in [2.75, 3.05) is 4.90 Å². The maximum atomic E-state index is 12.8. The number of carbonyl (C=O) groups excluding carboxylic acids is 1. The Labute approximate surface area is 180 Å². The Morgan fingerprint density at radius 2 is 1.93 bits per heavy atom. The molecule has 4 nitrogen and oxygen atoms in total. The van der Waals surface area contributed by atoms with Gasteiger partial charge in [-0.3, -0.25) is 4.79 Å². The van der Waals surface area contributed by atoms with E-state index in [-0.39, 0.29) is 5.91 Å². The number of amides is 1. The number of benzene rings is 3. The molecule has 1 aliphatic rings. The second-order valence-electron chi connectivity index (χ2n) is 6.80. The number of nitrogens with zero attached hydrogens (tertiary/aromatic N) is 2. The summed E-state index contributed by atoms with van der Waals surface area (Å²) in [7, 11) is 0. The van der Waals surface area contributed by atoms with Crippen LogP contribution in [0.4, 0.5) is 5.69 Å². The third kappa shape index (κ3) is 2.81. The van der Waals surface area contributed by atoms with Crippen LogP contribution in [0.1, 0.15) is 21.5 Å². The molecule has 28 heavy (non-hydrogen) atoms. The molecule has 1 aliphatic heterocycles. The monoisotopic (exact) mass is 500 g/mol. The number of aryl methyl sites for hydroxylation is 1. The fraction of sp³-hybridized carbons (Fsp3) is 0.0909. The molecule has 3 aromatic carbocycles. The summed E-state index contributed by atoms with van der Waals surface area (Å²) < 4.78 is 7.08. The molecule has 1 amide bonds. The van der Waals surface area contributed by atoms with Crippen molar-refractivity contribution in [3.8, 4) is 11.5 Å². The predicted molar refractivity (Wildman–Crippen MR) is 119 cm³/mol. The molecule has 0 saturated heterocycles. The Kier molecular flexibility index (Phi) is 4.17. The van der Waals surface area contributed by atoms with Crippen LogP contribution < -0.4 is 4.90 Å². The van der Waals surface area contributed by atoms with Crippen molar-refractivity contribution in [1.82, 2.24) is 4.98 Å². The van der Waals surface area contributed by atoms with Crippen LogP contribution >= 0.6 is 34.2 Å². The summed E-state index contributed by atoms with van der Waals surface area (Å²) in [5.41, 5.74) is 5.72. The molecule has 0 saturated carbocycles.